The lowest BCUT2D eigenvalue weighted by Gasteiger charge is -2.26. The molecule has 112 valence electrons. The quantitative estimate of drug-likeness (QED) is 0.847. The molecule has 0 aromatic heterocycles. The van der Waals surface area contributed by atoms with Crippen molar-refractivity contribution in [2.45, 2.75) is 44.4 Å². The summed E-state index contributed by atoms with van der Waals surface area (Å²) < 4.78 is 27.7. The molecule has 0 radical (unpaired) electrons. The minimum atomic E-state index is -3.46. The molecule has 0 spiro atoms. The monoisotopic (exact) mass is 315 g/mol. The van der Waals surface area contributed by atoms with Crippen LogP contribution in [0.3, 0.4) is 0 Å². The molecule has 3 nitrogen and oxygen atoms in total. The smallest absolute Gasteiger partial charge is 0.211 e. The number of aryl methyl sites for hydroxylation is 2. The van der Waals surface area contributed by atoms with Crippen LogP contribution in [0.2, 0.25) is 0 Å². The second-order valence-electron chi connectivity index (χ2n) is 5.93. The first-order valence-electron chi connectivity index (χ1n) is 7.01. The summed E-state index contributed by atoms with van der Waals surface area (Å²) in [5.41, 5.74) is 1.66. The van der Waals surface area contributed by atoms with Gasteiger partial charge >= 0.3 is 0 Å². The molecule has 2 rings (SSSR count). The van der Waals surface area contributed by atoms with E-state index in [9.17, 15) is 8.42 Å². The van der Waals surface area contributed by atoms with Gasteiger partial charge < -0.3 is 0 Å². The first kappa shape index (κ1) is 15.8. The lowest BCUT2D eigenvalue weighted by atomic mass is 9.89. The summed E-state index contributed by atoms with van der Waals surface area (Å²) in [6.07, 6.45) is 4.29. The third kappa shape index (κ3) is 3.35. The zero-order valence-electron chi connectivity index (χ0n) is 12.1. The number of benzene rings is 1. The Morgan fingerprint density at radius 1 is 1.25 bits per heavy atom. The van der Waals surface area contributed by atoms with Crippen LogP contribution in [0.1, 0.15) is 36.8 Å². The third-order valence-corrected chi connectivity index (χ3v) is 6.33. The Labute approximate surface area is 126 Å². The summed E-state index contributed by atoms with van der Waals surface area (Å²) in [4.78, 5) is 0.375. The number of sulfonamides is 1. The lowest BCUT2D eigenvalue weighted by Crippen LogP contribution is -2.37. The van der Waals surface area contributed by atoms with Crippen molar-refractivity contribution in [2.24, 2.45) is 5.41 Å². The lowest BCUT2D eigenvalue weighted by molar-refractivity contribution is 0.342. The van der Waals surface area contributed by atoms with Crippen molar-refractivity contribution in [1.29, 1.82) is 0 Å². The molecule has 1 saturated carbocycles. The Hall–Kier alpha value is -0.580. The van der Waals surface area contributed by atoms with Crippen molar-refractivity contribution in [3.8, 4) is 0 Å². The first-order valence-corrected chi connectivity index (χ1v) is 9.03. The van der Waals surface area contributed by atoms with Crippen molar-refractivity contribution in [1.82, 2.24) is 4.72 Å². The summed E-state index contributed by atoms with van der Waals surface area (Å²) in [6, 6.07) is 5.49. The van der Waals surface area contributed by atoms with E-state index < -0.39 is 10.0 Å². The predicted molar refractivity (Wildman–Crippen MR) is 82.7 cm³/mol. The van der Waals surface area contributed by atoms with Crippen LogP contribution in [0.25, 0.3) is 0 Å². The van der Waals surface area contributed by atoms with Crippen molar-refractivity contribution in [2.75, 3.05) is 12.4 Å². The Morgan fingerprint density at radius 3 is 2.50 bits per heavy atom. The van der Waals surface area contributed by atoms with Gasteiger partial charge in [-0.25, -0.2) is 13.1 Å². The summed E-state index contributed by atoms with van der Waals surface area (Å²) in [7, 11) is -3.46. The van der Waals surface area contributed by atoms with Gasteiger partial charge in [0.1, 0.15) is 0 Å². The number of rotatable bonds is 5. The highest BCUT2D eigenvalue weighted by atomic mass is 35.5. The van der Waals surface area contributed by atoms with Crippen molar-refractivity contribution in [3.63, 3.8) is 0 Å². The van der Waals surface area contributed by atoms with Gasteiger partial charge in [-0.2, -0.15) is 0 Å². The van der Waals surface area contributed by atoms with Crippen LogP contribution in [-0.2, 0) is 10.0 Å². The zero-order valence-corrected chi connectivity index (χ0v) is 13.6. The molecule has 1 aromatic rings. The van der Waals surface area contributed by atoms with E-state index in [1.165, 1.54) is 0 Å². The van der Waals surface area contributed by atoms with Gasteiger partial charge in [-0.15, -0.1) is 11.6 Å². The Morgan fingerprint density at radius 2 is 1.90 bits per heavy atom. The molecule has 0 amide bonds. The molecule has 20 heavy (non-hydrogen) atoms. The van der Waals surface area contributed by atoms with Crippen LogP contribution in [0.5, 0.6) is 0 Å². The van der Waals surface area contributed by atoms with E-state index in [1.807, 2.05) is 26.0 Å². The molecule has 0 unspecified atom stereocenters. The number of nitrogens with one attached hydrogen (secondary N) is 1. The standard InChI is InChI=1S/C15H22ClNO2S/c1-12-5-6-13(2)14(9-12)20(18,19)17-11-15(10-16)7-3-4-8-15/h5-6,9,17H,3-4,7-8,10-11H2,1-2H3. The molecule has 5 heteroatoms. The van der Waals surface area contributed by atoms with E-state index in [0.717, 1.165) is 36.8 Å². The third-order valence-electron chi connectivity index (χ3n) is 4.22. The molecule has 0 atom stereocenters. The fourth-order valence-corrected chi connectivity index (χ4v) is 4.65. The number of hydrogen-bond acceptors (Lipinski definition) is 2. The van der Waals surface area contributed by atoms with Crippen LogP contribution >= 0.6 is 11.6 Å². The maximum atomic E-state index is 12.5. The van der Waals surface area contributed by atoms with Crippen LogP contribution in [-0.4, -0.2) is 20.8 Å². The van der Waals surface area contributed by atoms with Gasteiger partial charge in [-0.1, -0.05) is 25.0 Å². The Bertz CT molecular complexity index is 578. The summed E-state index contributed by atoms with van der Waals surface area (Å²) >= 11 is 6.06. The maximum absolute atomic E-state index is 12.5. The van der Waals surface area contributed by atoms with Crippen molar-refractivity contribution >= 4 is 21.6 Å². The second-order valence-corrected chi connectivity index (χ2v) is 7.94. The van der Waals surface area contributed by atoms with Gasteiger partial charge in [0, 0.05) is 12.4 Å². The second kappa shape index (κ2) is 6.04. The molecular formula is C15H22ClNO2S. The minimum Gasteiger partial charge on any atom is -0.211 e. The molecule has 1 fully saturated rings. The number of halogens is 1. The Kier molecular flexibility index (Phi) is 4.77. The van der Waals surface area contributed by atoms with Crippen molar-refractivity contribution in [3.05, 3.63) is 29.3 Å². The van der Waals surface area contributed by atoms with Crippen LogP contribution in [0.4, 0.5) is 0 Å². The van der Waals surface area contributed by atoms with Gasteiger partial charge in [0.15, 0.2) is 0 Å². The molecule has 1 aliphatic rings. The van der Waals surface area contributed by atoms with Crippen LogP contribution < -0.4 is 4.72 Å². The average Bonchev–Trinajstić information content (AvgIpc) is 2.89. The van der Waals surface area contributed by atoms with E-state index in [2.05, 4.69) is 4.72 Å². The van der Waals surface area contributed by atoms with E-state index in [0.29, 0.717) is 17.3 Å². The predicted octanol–water partition coefficient (Wildman–Crippen LogP) is 3.38. The van der Waals surface area contributed by atoms with Gasteiger partial charge in [-0.05, 0) is 49.3 Å². The molecule has 0 bridgehead atoms. The topological polar surface area (TPSA) is 46.2 Å². The molecule has 1 N–H and O–H groups in total. The summed E-state index contributed by atoms with van der Waals surface area (Å²) in [5.74, 6) is 0.516. The van der Waals surface area contributed by atoms with E-state index in [1.54, 1.807) is 6.07 Å². The molecule has 0 saturated heterocycles. The summed E-state index contributed by atoms with van der Waals surface area (Å²) in [6.45, 7) is 4.16. The molecule has 1 aromatic carbocycles. The first-order chi connectivity index (χ1) is 9.38. The maximum Gasteiger partial charge on any atom is 0.240 e. The summed E-state index contributed by atoms with van der Waals surface area (Å²) in [5, 5.41) is 0. The molecular weight excluding hydrogens is 294 g/mol. The van der Waals surface area contributed by atoms with Crippen molar-refractivity contribution < 1.29 is 8.42 Å². The van der Waals surface area contributed by atoms with Crippen LogP contribution in [0, 0.1) is 19.3 Å². The van der Waals surface area contributed by atoms with E-state index >= 15 is 0 Å². The van der Waals surface area contributed by atoms with E-state index in [-0.39, 0.29) is 5.41 Å². The fraction of sp³-hybridized carbons (Fsp3) is 0.600. The largest absolute Gasteiger partial charge is 0.240 e. The zero-order chi connectivity index (χ0) is 14.8. The van der Waals surface area contributed by atoms with Gasteiger partial charge in [-0.3, -0.25) is 0 Å². The normalized spacial score (nSPS) is 18.4. The van der Waals surface area contributed by atoms with Crippen LogP contribution in [0.15, 0.2) is 23.1 Å². The highest BCUT2D eigenvalue weighted by molar-refractivity contribution is 7.89. The fourth-order valence-electron chi connectivity index (χ4n) is 2.81. The number of alkyl halides is 1. The van der Waals surface area contributed by atoms with Gasteiger partial charge in [0.25, 0.3) is 0 Å². The SMILES string of the molecule is Cc1ccc(C)c(S(=O)(=O)NCC2(CCl)CCCC2)c1. The molecule has 0 heterocycles. The minimum absolute atomic E-state index is 0.0631. The van der Waals surface area contributed by atoms with E-state index in [4.69, 9.17) is 11.6 Å². The molecule has 0 aliphatic heterocycles. The van der Waals surface area contributed by atoms with Gasteiger partial charge in [0.05, 0.1) is 4.90 Å². The average molecular weight is 316 g/mol. The number of hydrogen-bond donors (Lipinski definition) is 1. The molecule has 1 aliphatic carbocycles. The van der Waals surface area contributed by atoms with Gasteiger partial charge in [0.2, 0.25) is 10.0 Å². The highest BCUT2D eigenvalue weighted by Gasteiger charge is 2.34. The Balaban J connectivity index is 2.17. The highest BCUT2D eigenvalue weighted by Crippen LogP contribution is 2.38.